The van der Waals surface area contributed by atoms with Crippen LogP contribution in [0.4, 0.5) is 0 Å². The van der Waals surface area contributed by atoms with E-state index in [1.165, 1.54) is 6.07 Å². The molecule has 1 heterocycles. The predicted octanol–water partition coefficient (Wildman–Crippen LogP) is 2.11. The molecule has 0 bridgehead atoms. The van der Waals surface area contributed by atoms with Crippen molar-refractivity contribution in [2.24, 2.45) is 0 Å². The lowest BCUT2D eigenvalue weighted by atomic mass is 10.1. The van der Waals surface area contributed by atoms with Crippen molar-refractivity contribution < 1.29 is 19.4 Å². The van der Waals surface area contributed by atoms with E-state index in [0.717, 1.165) is 5.56 Å². The zero-order valence-electron chi connectivity index (χ0n) is 11.2. The summed E-state index contributed by atoms with van der Waals surface area (Å²) in [5.41, 5.74) is 1.14. The van der Waals surface area contributed by atoms with Gasteiger partial charge in [-0.15, -0.1) is 0 Å². The number of carboxylic acid groups (broad SMARTS) is 1. The zero-order valence-corrected chi connectivity index (χ0v) is 11.2. The first-order chi connectivity index (χ1) is 9.61. The third-order valence-corrected chi connectivity index (χ3v) is 3.11. The fourth-order valence-electron chi connectivity index (χ4n) is 2.04. The minimum Gasteiger partial charge on any atom is -0.478 e. The van der Waals surface area contributed by atoms with E-state index in [1.54, 1.807) is 6.92 Å². The molecule has 3 N–H and O–H groups in total. The molecule has 1 unspecified atom stereocenters. The summed E-state index contributed by atoms with van der Waals surface area (Å²) in [7, 11) is 0. The summed E-state index contributed by atoms with van der Waals surface area (Å²) in [5.74, 6) is -0.0805. The highest BCUT2D eigenvalue weighted by Crippen LogP contribution is 2.17. The Morgan fingerprint density at radius 1 is 1.35 bits per heavy atom. The average molecular weight is 275 g/mol. The van der Waals surface area contributed by atoms with Gasteiger partial charge in [-0.2, -0.15) is 0 Å². The molecule has 0 aliphatic carbocycles. The second-order valence-corrected chi connectivity index (χ2v) is 4.51. The Balaban J connectivity index is 2.04. The van der Waals surface area contributed by atoms with Gasteiger partial charge in [0.25, 0.3) is 0 Å². The van der Waals surface area contributed by atoms with Crippen LogP contribution >= 0.6 is 0 Å². The van der Waals surface area contributed by atoms with Crippen LogP contribution in [0.1, 0.15) is 33.5 Å². The van der Waals surface area contributed by atoms with Crippen molar-refractivity contribution in [1.82, 2.24) is 5.32 Å². The minimum absolute atomic E-state index is 0.0461. The Morgan fingerprint density at radius 3 is 2.60 bits per heavy atom. The third kappa shape index (κ3) is 3.26. The molecule has 2 rings (SSSR count). The number of rotatable bonds is 6. The van der Waals surface area contributed by atoms with E-state index < -0.39 is 5.97 Å². The number of furan rings is 1. The van der Waals surface area contributed by atoms with Gasteiger partial charge in [0.15, 0.2) is 0 Å². The van der Waals surface area contributed by atoms with Gasteiger partial charge in [0.1, 0.15) is 17.1 Å². The summed E-state index contributed by atoms with van der Waals surface area (Å²) in [6.45, 7) is 1.93. The molecular formula is C15H17NO4. The number of carboxylic acids is 1. The van der Waals surface area contributed by atoms with Crippen molar-refractivity contribution >= 4 is 5.97 Å². The predicted molar refractivity (Wildman–Crippen MR) is 73.5 cm³/mol. The third-order valence-electron chi connectivity index (χ3n) is 3.11. The molecule has 5 nitrogen and oxygen atoms in total. The van der Waals surface area contributed by atoms with Crippen LogP contribution < -0.4 is 5.32 Å². The van der Waals surface area contributed by atoms with Crippen LogP contribution in [0.2, 0.25) is 0 Å². The van der Waals surface area contributed by atoms with E-state index in [-0.39, 0.29) is 18.2 Å². The van der Waals surface area contributed by atoms with Crippen LogP contribution in [0, 0.1) is 6.92 Å². The molecule has 0 amide bonds. The summed E-state index contributed by atoms with van der Waals surface area (Å²) in [6, 6.07) is 10.8. The summed E-state index contributed by atoms with van der Waals surface area (Å²) >= 11 is 0. The maximum Gasteiger partial charge on any atom is 0.339 e. The van der Waals surface area contributed by atoms with Crippen LogP contribution in [0.25, 0.3) is 0 Å². The molecule has 20 heavy (non-hydrogen) atoms. The van der Waals surface area contributed by atoms with E-state index in [4.69, 9.17) is 9.52 Å². The standard InChI is InChI=1S/C15H17NO4/c1-10-13(15(18)19)7-12(20-10)8-16-14(9-17)11-5-3-2-4-6-11/h2-7,14,16-17H,8-9H2,1H3,(H,18,19). The molecule has 106 valence electrons. The van der Waals surface area contributed by atoms with Crippen molar-refractivity contribution in [3.05, 3.63) is 59.0 Å². The van der Waals surface area contributed by atoms with Crippen molar-refractivity contribution in [3.63, 3.8) is 0 Å². The molecule has 1 atom stereocenters. The Hall–Kier alpha value is -2.11. The zero-order chi connectivity index (χ0) is 14.5. The Labute approximate surface area is 116 Å². The quantitative estimate of drug-likeness (QED) is 0.752. The number of hydrogen-bond acceptors (Lipinski definition) is 4. The topological polar surface area (TPSA) is 82.7 Å². The van der Waals surface area contributed by atoms with Crippen molar-refractivity contribution in [2.45, 2.75) is 19.5 Å². The highest BCUT2D eigenvalue weighted by Gasteiger charge is 2.15. The molecule has 1 aromatic heterocycles. The number of benzene rings is 1. The first-order valence-electron chi connectivity index (χ1n) is 6.33. The van der Waals surface area contributed by atoms with Crippen LogP contribution in [-0.4, -0.2) is 22.8 Å². The van der Waals surface area contributed by atoms with Crippen molar-refractivity contribution in [3.8, 4) is 0 Å². The van der Waals surface area contributed by atoms with Crippen LogP contribution in [0.3, 0.4) is 0 Å². The molecule has 0 fully saturated rings. The number of hydrogen-bond donors (Lipinski definition) is 3. The van der Waals surface area contributed by atoms with E-state index in [1.807, 2.05) is 30.3 Å². The lowest BCUT2D eigenvalue weighted by Gasteiger charge is -2.15. The average Bonchev–Trinajstić information content (AvgIpc) is 2.82. The highest BCUT2D eigenvalue weighted by molar-refractivity contribution is 5.88. The molecule has 0 saturated carbocycles. The molecular weight excluding hydrogens is 258 g/mol. The van der Waals surface area contributed by atoms with E-state index in [9.17, 15) is 9.90 Å². The summed E-state index contributed by atoms with van der Waals surface area (Å²) in [6.07, 6.45) is 0. The Morgan fingerprint density at radius 2 is 2.05 bits per heavy atom. The number of aromatic carboxylic acids is 1. The second-order valence-electron chi connectivity index (χ2n) is 4.51. The molecule has 0 spiro atoms. The lowest BCUT2D eigenvalue weighted by molar-refractivity contribution is 0.0695. The summed E-state index contributed by atoms with van der Waals surface area (Å²) < 4.78 is 5.38. The Kier molecular flexibility index (Phi) is 4.55. The molecule has 0 saturated heterocycles. The fraction of sp³-hybridized carbons (Fsp3) is 0.267. The number of aliphatic hydroxyl groups is 1. The van der Waals surface area contributed by atoms with E-state index in [2.05, 4.69) is 5.32 Å². The molecule has 0 radical (unpaired) electrons. The molecule has 1 aromatic carbocycles. The highest BCUT2D eigenvalue weighted by atomic mass is 16.4. The van der Waals surface area contributed by atoms with Crippen molar-refractivity contribution in [2.75, 3.05) is 6.61 Å². The van der Waals surface area contributed by atoms with E-state index in [0.29, 0.717) is 18.1 Å². The Bertz CT molecular complexity index is 577. The largest absolute Gasteiger partial charge is 0.478 e. The number of aliphatic hydroxyl groups excluding tert-OH is 1. The first-order valence-corrected chi connectivity index (χ1v) is 6.33. The van der Waals surface area contributed by atoms with Crippen LogP contribution in [0.15, 0.2) is 40.8 Å². The van der Waals surface area contributed by atoms with Gasteiger partial charge in [-0.25, -0.2) is 4.79 Å². The maximum atomic E-state index is 10.9. The monoisotopic (exact) mass is 275 g/mol. The van der Waals surface area contributed by atoms with Crippen LogP contribution in [0.5, 0.6) is 0 Å². The van der Waals surface area contributed by atoms with Gasteiger partial charge in [-0.3, -0.25) is 0 Å². The SMILES string of the molecule is Cc1oc(CNC(CO)c2ccccc2)cc1C(=O)O. The fourth-order valence-corrected chi connectivity index (χ4v) is 2.04. The molecule has 5 heteroatoms. The summed E-state index contributed by atoms with van der Waals surface area (Å²) in [5, 5.41) is 21.5. The van der Waals surface area contributed by atoms with Crippen LogP contribution in [-0.2, 0) is 6.54 Å². The summed E-state index contributed by atoms with van der Waals surface area (Å²) in [4.78, 5) is 10.9. The van der Waals surface area contributed by atoms with Gasteiger partial charge < -0.3 is 19.9 Å². The maximum absolute atomic E-state index is 10.9. The lowest BCUT2D eigenvalue weighted by Crippen LogP contribution is -2.23. The van der Waals surface area contributed by atoms with E-state index >= 15 is 0 Å². The minimum atomic E-state index is -1.00. The van der Waals surface area contributed by atoms with Gasteiger partial charge in [-0.1, -0.05) is 30.3 Å². The first kappa shape index (κ1) is 14.3. The second kappa shape index (κ2) is 6.36. The molecule has 2 aromatic rings. The van der Waals surface area contributed by atoms with Gasteiger partial charge >= 0.3 is 5.97 Å². The van der Waals surface area contributed by atoms with Crippen molar-refractivity contribution in [1.29, 1.82) is 0 Å². The van der Waals surface area contributed by atoms with Gasteiger partial charge in [0, 0.05) is 0 Å². The number of nitrogens with one attached hydrogen (secondary N) is 1. The normalized spacial score (nSPS) is 12.3. The van der Waals surface area contributed by atoms with Gasteiger partial charge in [0.2, 0.25) is 0 Å². The molecule has 0 aliphatic rings. The number of carbonyl (C=O) groups is 1. The van der Waals surface area contributed by atoms with Gasteiger partial charge in [-0.05, 0) is 18.6 Å². The number of aryl methyl sites for hydroxylation is 1. The molecule has 0 aliphatic heterocycles. The van der Waals surface area contributed by atoms with Gasteiger partial charge in [0.05, 0.1) is 19.2 Å². The smallest absolute Gasteiger partial charge is 0.339 e.